The summed E-state index contributed by atoms with van der Waals surface area (Å²) in [6.45, 7) is 2.76. The number of rotatable bonds is 4. The van der Waals surface area contributed by atoms with Crippen molar-refractivity contribution in [1.82, 2.24) is 14.9 Å². The molecule has 3 aromatic rings. The van der Waals surface area contributed by atoms with Crippen LogP contribution in [0.4, 0.5) is 5.82 Å². The van der Waals surface area contributed by atoms with E-state index in [1.54, 1.807) is 17.7 Å². The lowest BCUT2D eigenvalue weighted by molar-refractivity contribution is -0.132. The fraction of sp³-hybridized carbons (Fsp3) is 0.316. The molecule has 1 fully saturated rings. The normalized spacial score (nSPS) is 15.9. The first-order valence-corrected chi connectivity index (χ1v) is 10.1. The van der Waals surface area contributed by atoms with E-state index in [1.165, 1.54) is 0 Å². The van der Waals surface area contributed by atoms with Crippen LogP contribution in [0.2, 0.25) is 5.02 Å². The van der Waals surface area contributed by atoms with Crippen LogP contribution in [0.15, 0.2) is 42.0 Å². The van der Waals surface area contributed by atoms with E-state index >= 15 is 0 Å². The number of benzene rings is 1. The van der Waals surface area contributed by atoms with Crippen molar-refractivity contribution in [3.05, 3.63) is 52.6 Å². The van der Waals surface area contributed by atoms with Gasteiger partial charge >= 0.3 is 0 Å². The molecule has 1 atom stereocenters. The molecule has 1 aliphatic rings. The Morgan fingerprint density at radius 3 is 2.63 bits per heavy atom. The molecular weight excluding hydrogens is 382 g/mol. The van der Waals surface area contributed by atoms with Gasteiger partial charge in [-0.05, 0) is 35.6 Å². The van der Waals surface area contributed by atoms with E-state index in [-0.39, 0.29) is 5.91 Å². The Kier molecular flexibility index (Phi) is 5.24. The SMILES string of the molecule is N[C@H](Cc1ccc(Cl)cc1)C(=O)N1CCN(c2ncnc3ccsc23)CC1. The van der Waals surface area contributed by atoms with Crippen LogP contribution in [0.5, 0.6) is 0 Å². The van der Waals surface area contributed by atoms with Crippen LogP contribution < -0.4 is 10.6 Å². The number of thiophene rings is 1. The average Bonchev–Trinajstić information content (AvgIpc) is 3.18. The van der Waals surface area contributed by atoms with E-state index in [9.17, 15) is 4.79 Å². The zero-order valence-corrected chi connectivity index (χ0v) is 16.3. The largest absolute Gasteiger partial charge is 0.352 e. The minimum Gasteiger partial charge on any atom is -0.352 e. The van der Waals surface area contributed by atoms with Gasteiger partial charge in [-0.1, -0.05) is 23.7 Å². The van der Waals surface area contributed by atoms with E-state index in [0.717, 1.165) is 34.7 Å². The third kappa shape index (κ3) is 3.90. The summed E-state index contributed by atoms with van der Waals surface area (Å²) in [4.78, 5) is 25.5. The van der Waals surface area contributed by atoms with Crippen LogP contribution in [-0.4, -0.2) is 53.0 Å². The molecule has 0 saturated carbocycles. The Morgan fingerprint density at radius 1 is 1.15 bits per heavy atom. The van der Waals surface area contributed by atoms with E-state index in [1.807, 2.05) is 40.6 Å². The third-order valence-corrected chi connectivity index (χ3v) is 5.95. The van der Waals surface area contributed by atoms with Gasteiger partial charge in [0, 0.05) is 31.2 Å². The van der Waals surface area contributed by atoms with Crippen LogP contribution in [0.25, 0.3) is 10.2 Å². The standard InChI is InChI=1S/C19H20ClN5OS/c20-14-3-1-13(2-4-14)11-15(21)19(26)25-8-6-24(7-9-25)18-17-16(5-10-27-17)22-12-23-18/h1-5,10,12,15H,6-9,11,21H2/t15-/m1/s1. The fourth-order valence-electron chi connectivity index (χ4n) is 3.34. The highest BCUT2D eigenvalue weighted by Gasteiger charge is 2.26. The molecule has 3 heterocycles. The van der Waals surface area contributed by atoms with E-state index in [4.69, 9.17) is 17.3 Å². The first-order chi connectivity index (χ1) is 13.1. The predicted molar refractivity (Wildman–Crippen MR) is 109 cm³/mol. The minimum absolute atomic E-state index is 0.00596. The Labute approximate surface area is 166 Å². The van der Waals surface area contributed by atoms with Crippen molar-refractivity contribution in [2.75, 3.05) is 31.1 Å². The van der Waals surface area contributed by atoms with Crippen LogP contribution in [0, 0.1) is 0 Å². The molecule has 4 rings (SSSR count). The summed E-state index contributed by atoms with van der Waals surface area (Å²) >= 11 is 7.55. The maximum Gasteiger partial charge on any atom is 0.239 e. The number of nitrogens with zero attached hydrogens (tertiary/aromatic N) is 4. The molecule has 6 nitrogen and oxygen atoms in total. The number of amides is 1. The molecule has 0 spiro atoms. The highest BCUT2D eigenvalue weighted by atomic mass is 35.5. The molecular formula is C19H20ClN5OS. The summed E-state index contributed by atoms with van der Waals surface area (Å²) in [5.41, 5.74) is 8.15. The number of anilines is 1. The van der Waals surface area contributed by atoms with Crippen molar-refractivity contribution in [2.24, 2.45) is 5.73 Å². The van der Waals surface area contributed by atoms with Crippen LogP contribution in [0.3, 0.4) is 0 Å². The van der Waals surface area contributed by atoms with Gasteiger partial charge in [0.2, 0.25) is 5.91 Å². The fourth-order valence-corrected chi connectivity index (χ4v) is 4.32. The van der Waals surface area contributed by atoms with Gasteiger partial charge in [-0.15, -0.1) is 11.3 Å². The van der Waals surface area contributed by atoms with Gasteiger partial charge in [0.15, 0.2) is 0 Å². The monoisotopic (exact) mass is 401 g/mol. The van der Waals surface area contributed by atoms with Crippen LogP contribution >= 0.6 is 22.9 Å². The highest BCUT2D eigenvalue weighted by molar-refractivity contribution is 7.17. The summed E-state index contributed by atoms with van der Waals surface area (Å²) in [5.74, 6) is 0.945. The summed E-state index contributed by atoms with van der Waals surface area (Å²) in [7, 11) is 0. The third-order valence-electron chi connectivity index (χ3n) is 4.80. The number of piperazine rings is 1. The van der Waals surface area contributed by atoms with Gasteiger partial charge in [0.1, 0.15) is 12.1 Å². The Bertz CT molecular complexity index is 937. The second-order valence-electron chi connectivity index (χ2n) is 6.58. The minimum atomic E-state index is -0.541. The zero-order valence-electron chi connectivity index (χ0n) is 14.7. The van der Waals surface area contributed by atoms with Gasteiger partial charge in [0.05, 0.1) is 16.3 Å². The van der Waals surface area contributed by atoms with Crippen LogP contribution in [-0.2, 0) is 11.2 Å². The number of carbonyl (C=O) groups is 1. The average molecular weight is 402 g/mol. The van der Waals surface area contributed by atoms with E-state index < -0.39 is 6.04 Å². The van der Waals surface area contributed by atoms with Gasteiger partial charge in [-0.2, -0.15) is 0 Å². The van der Waals surface area contributed by atoms with Crippen molar-refractivity contribution < 1.29 is 4.79 Å². The summed E-state index contributed by atoms with van der Waals surface area (Å²) in [6.07, 6.45) is 2.11. The number of nitrogens with two attached hydrogens (primary N) is 1. The molecule has 1 aromatic carbocycles. The molecule has 1 aliphatic heterocycles. The lowest BCUT2D eigenvalue weighted by Crippen LogP contribution is -2.53. The Balaban J connectivity index is 1.37. The molecule has 8 heteroatoms. The molecule has 1 saturated heterocycles. The number of halogens is 1. The predicted octanol–water partition coefficient (Wildman–Crippen LogP) is 2.56. The lowest BCUT2D eigenvalue weighted by atomic mass is 10.1. The highest BCUT2D eigenvalue weighted by Crippen LogP contribution is 2.28. The van der Waals surface area contributed by atoms with Crippen molar-refractivity contribution >= 4 is 44.9 Å². The summed E-state index contributed by atoms with van der Waals surface area (Å²) < 4.78 is 1.09. The van der Waals surface area contributed by atoms with Crippen molar-refractivity contribution in [2.45, 2.75) is 12.5 Å². The smallest absolute Gasteiger partial charge is 0.239 e. The van der Waals surface area contributed by atoms with Crippen molar-refractivity contribution in [3.8, 4) is 0 Å². The lowest BCUT2D eigenvalue weighted by Gasteiger charge is -2.36. The van der Waals surface area contributed by atoms with Gasteiger partial charge in [0.25, 0.3) is 0 Å². The molecule has 140 valence electrons. The maximum atomic E-state index is 12.7. The van der Waals surface area contributed by atoms with Gasteiger partial charge in [-0.3, -0.25) is 4.79 Å². The number of fused-ring (bicyclic) bond motifs is 1. The van der Waals surface area contributed by atoms with E-state index in [0.29, 0.717) is 24.5 Å². The molecule has 27 heavy (non-hydrogen) atoms. The zero-order chi connectivity index (χ0) is 18.8. The van der Waals surface area contributed by atoms with Crippen molar-refractivity contribution in [3.63, 3.8) is 0 Å². The van der Waals surface area contributed by atoms with E-state index in [2.05, 4.69) is 14.9 Å². The quantitative estimate of drug-likeness (QED) is 0.727. The first kappa shape index (κ1) is 18.2. The number of carbonyl (C=O) groups excluding carboxylic acids is 1. The molecule has 0 unspecified atom stereocenters. The summed E-state index contributed by atoms with van der Waals surface area (Å²) in [6, 6.07) is 8.92. The molecule has 0 aliphatic carbocycles. The molecule has 2 N–H and O–H groups in total. The second-order valence-corrected chi connectivity index (χ2v) is 7.93. The van der Waals surface area contributed by atoms with Crippen LogP contribution in [0.1, 0.15) is 5.56 Å². The Morgan fingerprint density at radius 2 is 1.89 bits per heavy atom. The maximum absolute atomic E-state index is 12.7. The second kappa shape index (κ2) is 7.80. The Hall–Kier alpha value is -2.22. The molecule has 2 aromatic heterocycles. The number of hydrogen-bond donors (Lipinski definition) is 1. The van der Waals surface area contributed by atoms with Gasteiger partial charge < -0.3 is 15.5 Å². The molecule has 0 bridgehead atoms. The number of hydrogen-bond acceptors (Lipinski definition) is 6. The number of aromatic nitrogens is 2. The summed E-state index contributed by atoms with van der Waals surface area (Å²) in [5, 5.41) is 2.71. The van der Waals surface area contributed by atoms with Gasteiger partial charge in [-0.25, -0.2) is 9.97 Å². The molecule has 0 radical (unpaired) electrons. The first-order valence-electron chi connectivity index (χ1n) is 8.84. The molecule has 1 amide bonds. The topological polar surface area (TPSA) is 75.4 Å². The van der Waals surface area contributed by atoms with Crippen molar-refractivity contribution in [1.29, 1.82) is 0 Å².